The lowest BCUT2D eigenvalue weighted by molar-refractivity contribution is -0.137. The van der Waals surface area contributed by atoms with Crippen molar-refractivity contribution in [2.24, 2.45) is 0 Å². The van der Waals surface area contributed by atoms with Crippen LogP contribution in [0.3, 0.4) is 0 Å². The normalized spacial score (nSPS) is 11.1. The molecule has 1 aromatic carbocycles. The third-order valence-corrected chi connectivity index (χ3v) is 2.50. The number of anilines is 1. The second-order valence-electron chi connectivity index (χ2n) is 3.75. The standard InChI is InChI=1S/C12H13F3N2O/c1-17(5-6-18-2)10-4-3-9(8-16)11(7-10)12(13,14)15/h3-4,7H,5-6H2,1-2H3. The van der Waals surface area contributed by atoms with Crippen LogP contribution in [-0.2, 0) is 10.9 Å². The van der Waals surface area contributed by atoms with E-state index in [1.165, 1.54) is 19.2 Å². The zero-order chi connectivity index (χ0) is 13.8. The number of likely N-dealkylation sites (N-methyl/N-ethyl adjacent to an activating group) is 1. The molecule has 98 valence electrons. The highest BCUT2D eigenvalue weighted by atomic mass is 19.4. The van der Waals surface area contributed by atoms with Crippen molar-refractivity contribution in [3.05, 3.63) is 29.3 Å². The fraction of sp³-hybridized carbons (Fsp3) is 0.417. The molecule has 0 radical (unpaired) electrons. The zero-order valence-electron chi connectivity index (χ0n) is 10.1. The van der Waals surface area contributed by atoms with Crippen LogP contribution >= 0.6 is 0 Å². The van der Waals surface area contributed by atoms with E-state index in [1.54, 1.807) is 18.0 Å². The van der Waals surface area contributed by atoms with E-state index in [-0.39, 0.29) is 5.56 Å². The smallest absolute Gasteiger partial charge is 0.383 e. The molecule has 6 heteroatoms. The number of nitrogens with zero attached hydrogens (tertiary/aromatic N) is 2. The molecule has 18 heavy (non-hydrogen) atoms. The van der Waals surface area contributed by atoms with Crippen molar-refractivity contribution in [2.75, 3.05) is 32.2 Å². The number of ether oxygens (including phenoxy) is 1. The minimum absolute atomic E-state index is 0.369. The van der Waals surface area contributed by atoms with E-state index in [0.717, 1.165) is 6.07 Å². The van der Waals surface area contributed by atoms with Crippen LogP contribution in [0.2, 0.25) is 0 Å². The molecule has 0 spiro atoms. The van der Waals surface area contributed by atoms with Gasteiger partial charge in [0.15, 0.2) is 0 Å². The predicted molar refractivity (Wildman–Crippen MR) is 61.3 cm³/mol. The van der Waals surface area contributed by atoms with E-state index < -0.39 is 11.7 Å². The van der Waals surface area contributed by atoms with Crippen LogP contribution in [0.15, 0.2) is 18.2 Å². The molecule has 0 aliphatic heterocycles. The van der Waals surface area contributed by atoms with Crippen LogP contribution in [0.25, 0.3) is 0 Å². The third-order valence-electron chi connectivity index (χ3n) is 2.50. The number of hydrogen-bond acceptors (Lipinski definition) is 3. The molecule has 0 aliphatic carbocycles. The third kappa shape index (κ3) is 3.37. The van der Waals surface area contributed by atoms with Gasteiger partial charge in [-0.05, 0) is 18.2 Å². The van der Waals surface area contributed by atoms with Gasteiger partial charge in [-0.15, -0.1) is 0 Å². The van der Waals surface area contributed by atoms with Gasteiger partial charge >= 0.3 is 6.18 Å². The molecule has 0 atom stereocenters. The first kappa shape index (κ1) is 14.3. The highest BCUT2D eigenvalue weighted by Crippen LogP contribution is 2.34. The lowest BCUT2D eigenvalue weighted by Gasteiger charge is -2.20. The fourth-order valence-electron chi connectivity index (χ4n) is 1.46. The van der Waals surface area contributed by atoms with Gasteiger partial charge in [0.05, 0.1) is 23.8 Å². The molecule has 0 fully saturated rings. The molecule has 0 saturated carbocycles. The maximum absolute atomic E-state index is 12.7. The highest BCUT2D eigenvalue weighted by Gasteiger charge is 2.34. The Bertz CT molecular complexity index is 452. The summed E-state index contributed by atoms with van der Waals surface area (Å²) in [6, 6.07) is 5.20. The number of hydrogen-bond donors (Lipinski definition) is 0. The van der Waals surface area contributed by atoms with Gasteiger partial charge in [0.1, 0.15) is 0 Å². The van der Waals surface area contributed by atoms with Crippen LogP contribution in [0.1, 0.15) is 11.1 Å². The Hall–Kier alpha value is -1.74. The van der Waals surface area contributed by atoms with Crippen molar-refractivity contribution < 1.29 is 17.9 Å². The molecule has 0 aliphatic rings. The number of benzene rings is 1. The van der Waals surface area contributed by atoms with Gasteiger partial charge in [-0.25, -0.2) is 0 Å². The SMILES string of the molecule is COCCN(C)c1ccc(C#N)c(C(F)(F)F)c1. The zero-order valence-corrected chi connectivity index (χ0v) is 10.1. The number of methoxy groups -OCH3 is 1. The van der Waals surface area contributed by atoms with Crippen LogP contribution in [0.4, 0.5) is 18.9 Å². The molecule has 0 heterocycles. The van der Waals surface area contributed by atoms with E-state index in [0.29, 0.717) is 18.8 Å². The first-order chi connectivity index (χ1) is 8.40. The van der Waals surface area contributed by atoms with Gasteiger partial charge in [-0.3, -0.25) is 0 Å². The Kier molecular flexibility index (Phi) is 4.56. The van der Waals surface area contributed by atoms with Crippen molar-refractivity contribution in [3.63, 3.8) is 0 Å². The Morgan fingerprint density at radius 1 is 1.39 bits per heavy atom. The molecule has 0 bridgehead atoms. The largest absolute Gasteiger partial charge is 0.417 e. The number of rotatable bonds is 4. The summed E-state index contributed by atoms with van der Waals surface area (Å²) in [5.74, 6) is 0. The van der Waals surface area contributed by atoms with Gasteiger partial charge in [0.25, 0.3) is 0 Å². The lowest BCUT2D eigenvalue weighted by Crippen LogP contribution is -2.22. The summed E-state index contributed by atoms with van der Waals surface area (Å²) in [7, 11) is 3.19. The highest BCUT2D eigenvalue weighted by molar-refractivity contribution is 5.54. The molecule has 3 nitrogen and oxygen atoms in total. The van der Waals surface area contributed by atoms with Gasteiger partial charge in [-0.2, -0.15) is 18.4 Å². The average Bonchev–Trinajstić information content (AvgIpc) is 2.34. The van der Waals surface area contributed by atoms with Gasteiger partial charge in [0.2, 0.25) is 0 Å². The van der Waals surface area contributed by atoms with E-state index in [4.69, 9.17) is 10.00 Å². The minimum Gasteiger partial charge on any atom is -0.383 e. The van der Waals surface area contributed by atoms with Crippen molar-refractivity contribution >= 4 is 5.69 Å². The molecular formula is C12H13F3N2O. The minimum atomic E-state index is -4.52. The van der Waals surface area contributed by atoms with Gasteiger partial charge in [0, 0.05) is 26.4 Å². The van der Waals surface area contributed by atoms with Gasteiger partial charge < -0.3 is 9.64 Å². The van der Waals surface area contributed by atoms with Crippen molar-refractivity contribution in [3.8, 4) is 6.07 Å². The molecule has 0 N–H and O–H groups in total. The lowest BCUT2D eigenvalue weighted by atomic mass is 10.1. The van der Waals surface area contributed by atoms with Crippen LogP contribution in [0, 0.1) is 11.3 Å². The summed E-state index contributed by atoms with van der Waals surface area (Å²) in [5, 5.41) is 8.67. The Morgan fingerprint density at radius 3 is 2.56 bits per heavy atom. The van der Waals surface area contributed by atoms with Gasteiger partial charge in [-0.1, -0.05) is 0 Å². The van der Waals surface area contributed by atoms with E-state index in [1.807, 2.05) is 0 Å². The summed E-state index contributed by atoms with van der Waals surface area (Å²) in [6.07, 6.45) is -4.52. The molecule has 0 saturated heterocycles. The fourth-order valence-corrected chi connectivity index (χ4v) is 1.46. The second kappa shape index (κ2) is 5.74. The van der Waals surface area contributed by atoms with Crippen LogP contribution < -0.4 is 4.90 Å². The molecular weight excluding hydrogens is 245 g/mol. The summed E-state index contributed by atoms with van der Waals surface area (Å²) >= 11 is 0. The molecule has 1 rings (SSSR count). The number of halogens is 3. The predicted octanol–water partition coefficient (Wildman–Crippen LogP) is 2.66. The second-order valence-corrected chi connectivity index (χ2v) is 3.75. The average molecular weight is 258 g/mol. The summed E-state index contributed by atoms with van der Waals surface area (Å²) in [4.78, 5) is 1.64. The Balaban J connectivity index is 3.08. The molecule has 0 unspecified atom stereocenters. The van der Waals surface area contributed by atoms with E-state index >= 15 is 0 Å². The monoisotopic (exact) mass is 258 g/mol. The molecule has 0 aromatic heterocycles. The number of alkyl halides is 3. The Morgan fingerprint density at radius 2 is 2.06 bits per heavy atom. The van der Waals surface area contributed by atoms with Crippen LogP contribution in [0.5, 0.6) is 0 Å². The Labute approximate surface area is 103 Å². The summed E-state index contributed by atoms with van der Waals surface area (Å²) in [6.45, 7) is 0.886. The molecule has 0 amide bonds. The quantitative estimate of drug-likeness (QED) is 0.833. The van der Waals surface area contributed by atoms with Crippen LogP contribution in [-0.4, -0.2) is 27.3 Å². The van der Waals surface area contributed by atoms with Crippen molar-refractivity contribution in [2.45, 2.75) is 6.18 Å². The first-order valence-electron chi connectivity index (χ1n) is 5.21. The summed E-state index contributed by atoms with van der Waals surface area (Å²) < 4.78 is 43.1. The maximum Gasteiger partial charge on any atom is 0.417 e. The van der Waals surface area contributed by atoms with Crippen molar-refractivity contribution in [1.82, 2.24) is 0 Å². The first-order valence-corrected chi connectivity index (χ1v) is 5.21. The van der Waals surface area contributed by atoms with Crippen molar-refractivity contribution in [1.29, 1.82) is 5.26 Å². The van der Waals surface area contributed by atoms with E-state index in [2.05, 4.69) is 0 Å². The summed E-state index contributed by atoms with van der Waals surface area (Å²) in [5.41, 5.74) is -0.878. The van der Waals surface area contributed by atoms with E-state index in [9.17, 15) is 13.2 Å². The topological polar surface area (TPSA) is 36.3 Å². The molecule has 1 aromatic rings. The number of nitriles is 1. The maximum atomic E-state index is 12.7.